The summed E-state index contributed by atoms with van der Waals surface area (Å²) in [7, 11) is 0. The van der Waals surface area contributed by atoms with E-state index in [0.717, 1.165) is 15.7 Å². The fourth-order valence-electron chi connectivity index (χ4n) is 2.02. The van der Waals surface area contributed by atoms with Crippen molar-refractivity contribution in [2.45, 2.75) is 33.6 Å². The van der Waals surface area contributed by atoms with Crippen molar-refractivity contribution >= 4 is 44.7 Å². The Hall–Kier alpha value is -0.940. The number of carbonyl (C=O) groups is 1. The molecule has 1 aromatic carbocycles. The third-order valence-corrected chi connectivity index (χ3v) is 4.88. The Morgan fingerprint density at radius 3 is 2.47 bits per heavy atom. The third-order valence-electron chi connectivity index (χ3n) is 3.63. The number of anilines is 1. The number of thiocarbonyl (C=S) groups is 1. The van der Waals surface area contributed by atoms with Crippen LogP contribution in [0.2, 0.25) is 0 Å². The van der Waals surface area contributed by atoms with Gasteiger partial charge in [0, 0.05) is 10.2 Å². The summed E-state index contributed by atoms with van der Waals surface area (Å²) >= 11 is 8.53. The molecule has 0 aromatic heterocycles. The molecule has 3 N–H and O–H groups in total. The van der Waals surface area contributed by atoms with E-state index in [1.165, 1.54) is 0 Å². The minimum absolute atomic E-state index is 0.133. The predicted octanol–water partition coefficient (Wildman–Crippen LogP) is 3.79. The Bertz CT molecular complexity index is 498. The van der Waals surface area contributed by atoms with Gasteiger partial charge in [0.1, 0.15) is 0 Å². The molecule has 0 radical (unpaired) electrons. The van der Waals surface area contributed by atoms with Crippen molar-refractivity contribution in [2.75, 3.05) is 5.32 Å². The van der Waals surface area contributed by atoms with E-state index < -0.39 is 5.41 Å². The highest BCUT2D eigenvalue weighted by atomic mass is 79.9. The summed E-state index contributed by atoms with van der Waals surface area (Å²) < 4.78 is 0.958. The first-order chi connectivity index (χ1) is 8.89. The highest BCUT2D eigenvalue weighted by molar-refractivity contribution is 9.10. The van der Waals surface area contributed by atoms with Crippen LogP contribution in [0.25, 0.3) is 0 Å². The first kappa shape index (κ1) is 16.1. The zero-order valence-electron chi connectivity index (χ0n) is 11.4. The molecule has 19 heavy (non-hydrogen) atoms. The van der Waals surface area contributed by atoms with Gasteiger partial charge >= 0.3 is 0 Å². The molecule has 0 aliphatic rings. The second-order valence-corrected chi connectivity index (χ2v) is 5.81. The highest BCUT2D eigenvalue weighted by Crippen LogP contribution is 2.30. The van der Waals surface area contributed by atoms with Crippen LogP contribution in [-0.2, 0) is 4.79 Å². The summed E-state index contributed by atoms with van der Waals surface area (Å²) in [4.78, 5) is 12.8. The lowest BCUT2D eigenvalue weighted by atomic mass is 9.81. The van der Waals surface area contributed by atoms with Gasteiger partial charge in [-0.2, -0.15) is 0 Å². The molecule has 1 aromatic rings. The summed E-state index contributed by atoms with van der Waals surface area (Å²) in [5.74, 6) is -0.133. The second-order valence-electron chi connectivity index (χ2n) is 4.52. The van der Waals surface area contributed by atoms with Gasteiger partial charge in [0.15, 0.2) is 0 Å². The van der Waals surface area contributed by atoms with E-state index in [4.69, 9.17) is 18.0 Å². The van der Waals surface area contributed by atoms with Gasteiger partial charge in [0.2, 0.25) is 5.91 Å². The molecule has 0 saturated heterocycles. The van der Waals surface area contributed by atoms with Crippen LogP contribution in [-0.4, -0.2) is 10.9 Å². The van der Waals surface area contributed by atoms with Crippen LogP contribution in [0, 0.1) is 12.3 Å². The number of hydrogen-bond donors (Lipinski definition) is 2. The molecule has 0 aliphatic carbocycles. The first-order valence-corrected chi connectivity index (χ1v) is 7.45. The van der Waals surface area contributed by atoms with Crippen LogP contribution in [0.4, 0.5) is 5.69 Å². The number of benzene rings is 1. The maximum Gasteiger partial charge on any atom is 0.237 e. The van der Waals surface area contributed by atoms with Crippen LogP contribution in [0.1, 0.15) is 32.3 Å². The van der Waals surface area contributed by atoms with Crippen molar-refractivity contribution in [1.82, 2.24) is 0 Å². The maximum atomic E-state index is 12.5. The van der Waals surface area contributed by atoms with Crippen molar-refractivity contribution in [1.29, 1.82) is 0 Å². The lowest BCUT2D eigenvalue weighted by Gasteiger charge is -2.29. The topological polar surface area (TPSA) is 55.1 Å². The van der Waals surface area contributed by atoms with E-state index in [1.807, 2.05) is 39.0 Å². The van der Waals surface area contributed by atoms with Gasteiger partial charge < -0.3 is 11.1 Å². The number of hydrogen-bond acceptors (Lipinski definition) is 2. The standard InChI is InChI=1S/C14H19BrN2OS/c1-4-14(5-2,12(16)19)13(18)17-11-8-6-7-10(15)9(11)3/h6-8H,4-5H2,1-3H3,(H2,16,19)(H,17,18). The molecule has 0 atom stereocenters. The lowest BCUT2D eigenvalue weighted by molar-refractivity contribution is -0.122. The molecule has 1 rings (SSSR count). The molecular formula is C14H19BrN2OS. The average molecular weight is 343 g/mol. The van der Waals surface area contributed by atoms with Crippen molar-refractivity contribution in [2.24, 2.45) is 11.1 Å². The SMILES string of the molecule is CCC(CC)(C(=O)Nc1cccc(Br)c1C)C(N)=S. The largest absolute Gasteiger partial charge is 0.392 e. The molecule has 0 unspecified atom stereocenters. The normalized spacial score (nSPS) is 11.2. The molecule has 0 bridgehead atoms. The van der Waals surface area contributed by atoms with Crippen LogP contribution in [0.3, 0.4) is 0 Å². The van der Waals surface area contributed by atoms with E-state index in [2.05, 4.69) is 21.2 Å². The second kappa shape index (κ2) is 6.48. The molecule has 1 amide bonds. The van der Waals surface area contributed by atoms with E-state index >= 15 is 0 Å². The highest BCUT2D eigenvalue weighted by Gasteiger charge is 2.38. The van der Waals surface area contributed by atoms with Gasteiger partial charge in [-0.05, 0) is 37.5 Å². The van der Waals surface area contributed by atoms with Crippen molar-refractivity contribution in [3.63, 3.8) is 0 Å². The quantitative estimate of drug-likeness (QED) is 0.800. The molecule has 0 heterocycles. The Morgan fingerprint density at radius 1 is 1.42 bits per heavy atom. The Balaban J connectivity index is 3.07. The minimum atomic E-state index is -0.774. The van der Waals surface area contributed by atoms with Crippen LogP contribution in [0.15, 0.2) is 22.7 Å². The van der Waals surface area contributed by atoms with Gasteiger partial charge in [-0.3, -0.25) is 4.79 Å². The van der Waals surface area contributed by atoms with Crippen molar-refractivity contribution < 1.29 is 4.79 Å². The van der Waals surface area contributed by atoms with Gasteiger partial charge in [0.25, 0.3) is 0 Å². The Labute approximate surface area is 128 Å². The van der Waals surface area contributed by atoms with Crippen LogP contribution in [0.5, 0.6) is 0 Å². The zero-order chi connectivity index (χ0) is 14.6. The first-order valence-electron chi connectivity index (χ1n) is 6.25. The van der Waals surface area contributed by atoms with E-state index in [-0.39, 0.29) is 10.9 Å². The van der Waals surface area contributed by atoms with Gasteiger partial charge in [-0.1, -0.05) is 48.1 Å². The van der Waals surface area contributed by atoms with E-state index in [9.17, 15) is 4.79 Å². The molecule has 0 aliphatic heterocycles. The number of halogens is 1. The predicted molar refractivity (Wildman–Crippen MR) is 87.3 cm³/mol. The lowest BCUT2D eigenvalue weighted by Crippen LogP contribution is -2.45. The molecule has 0 saturated carbocycles. The molecule has 5 heteroatoms. The van der Waals surface area contributed by atoms with Gasteiger partial charge in [-0.25, -0.2) is 0 Å². The van der Waals surface area contributed by atoms with E-state index in [1.54, 1.807) is 0 Å². The smallest absolute Gasteiger partial charge is 0.237 e. The van der Waals surface area contributed by atoms with Gasteiger partial charge in [0.05, 0.1) is 10.4 Å². The van der Waals surface area contributed by atoms with Gasteiger partial charge in [-0.15, -0.1) is 0 Å². The zero-order valence-corrected chi connectivity index (χ0v) is 13.8. The number of carbonyl (C=O) groups excluding carboxylic acids is 1. The average Bonchev–Trinajstić information content (AvgIpc) is 2.36. The van der Waals surface area contributed by atoms with Crippen molar-refractivity contribution in [3.05, 3.63) is 28.2 Å². The van der Waals surface area contributed by atoms with Crippen molar-refractivity contribution in [3.8, 4) is 0 Å². The molecule has 0 spiro atoms. The number of rotatable bonds is 5. The third kappa shape index (κ3) is 3.15. The summed E-state index contributed by atoms with van der Waals surface area (Å²) in [6, 6.07) is 5.69. The molecule has 104 valence electrons. The Morgan fingerprint density at radius 2 is 2.00 bits per heavy atom. The summed E-state index contributed by atoms with van der Waals surface area (Å²) in [5.41, 5.74) is 6.77. The minimum Gasteiger partial charge on any atom is -0.392 e. The molecule has 3 nitrogen and oxygen atoms in total. The fraction of sp³-hybridized carbons (Fsp3) is 0.429. The number of amides is 1. The molecular weight excluding hydrogens is 324 g/mol. The molecule has 0 fully saturated rings. The fourth-order valence-corrected chi connectivity index (χ4v) is 2.76. The van der Waals surface area contributed by atoms with E-state index in [0.29, 0.717) is 12.8 Å². The Kier molecular flexibility index (Phi) is 5.50. The van der Waals surface area contributed by atoms with Crippen LogP contribution >= 0.6 is 28.1 Å². The number of nitrogens with one attached hydrogen (secondary N) is 1. The summed E-state index contributed by atoms with van der Waals surface area (Å²) in [6.45, 7) is 5.80. The maximum absolute atomic E-state index is 12.5. The summed E-state index contributed by atoms with van der Waals surface area (Å²) in [6.07, 6.45) is 1.19. The number of nitrogens with two attached hydrogens (primary N) is 1. The monoisotopic (exact) mass is 342 g/mol. The summed E-state index contributed by atoms with van der Waals surface area (Å²) in [5, 5.41) is 2.94. The van der Waals surface area contributed by atoms with Crippen LogP contribution < -0.4 is 11.1 Å².